The Bertz CT molecular complexity index is 301. The average Bonchev–Trinajstić information content (AvgIpc) is 2.38. The first-order valence-electron chi connectivity index (χ1n) is 6.09. The summed E-state index contributed by atoms with van der Waals surface area (Å²) in [5.74, 6) is 1.75. The minimum absolute atomic E-state index is 0.722. The Labute approximate surface area is 104 Å². The number of ether oxygens (including phenoxy) is 3. The molecule has 1 rings (SSSR count). The van der Waals surface area contributed by atoms with Crippen molar-refractivity contribution < 1.29 is 14.2 Å². The maximum atomic E-state index is 5.70. The van der Waals surface area contributed by atoms with Gasteiger partial charge in [0.25, 0.3) is 0 Å². The molecule has 0 aliphatic carbocycles. The van der Waals surface area contributed by atoms with Crippen LogP contribution >= 0.6 is 0 Å². The van der Waals surface area contributed by atoms with E-state index in [1.807, 2.05) is 12.1 Å². The molecular weight excluding hydrogens is 216 g/mol. The molecule has 1 aromatic carbocycles. The summed E-state index contributed by atoms with van der Waals surface area (Å²) in [7, 11) is 3.40. The Morgan fingerprint density at radius 3 is 2.29 bits per heavy atom. The van der Waals surface area contributed by atoms with Gasteiger partial charge in [-0.1, -0.05) is 6.92 Å². The normalized spacial score (nSPS) is 10.3. The van der Waals surface area contributed by atoms with Crippen LogP contribution in [0.2, 0.25) is 0 Å². The SMILES string of the molecule is CCc1cc(OC)cc(OCCCCOC)c1. The summed E-state index contributed by atoms with van der Waals surface area (Å²) in [6.45, 7) is 3.64. The molecule has 17 heavy (non-hydrogen) atoms. The van der Waals surface area contributed by atoms with Crippen molar-refractivity contribution in [3.8, 4) is 11.5 Å². The van der Waals surface area contributed by atoms with E-state index in [0.717, 1.165) is 44.0 Å². The molecule has 0 aliphatic heterocycles. The first kappa shape index (κ1) is 13.8. The molecule has 0 saturated carbocycles. The molecule has 0 saturated heterocycles. The quantitative estimate of drug-likeness (QED) is 0.651. The van der Waals surface area contributed by atoms with Crippen LogP contribution in [0.4, 0.5) is 0 Å². The van der Waals surface area contributed by atoms with Gasteiger partial charge in [-0.2, -0.15) is 0 Å². The fourth-order valence-corrected chi connectivity index (χ4v) is 1.57. The zero-order valence-corrected chi connectivity index (χ0v) is 11.0. The Hall–Kier alpha value is -1.22. The fourth-order valence-electron chi connectivity index (χ4n) is 1.57. The molecule has 3 heteroatoms. The Balaban J connectivity index is 2.46. The van der Waals surface area contributed by atoms with Crippen molar-refractivity contribution in [3.05, 3.63) is 23.8 Å². The second-order valence-corrected chi connectivity index (χ2v) is 3.92. The van der Waals surface area contributed by atoms with Crippen molar-refractivity contribution in [1.82, 2.24) is 0 Å². The van der Waals surface area contributed by atoms with Crippen LogP contribution in [0, 0.1) is 0 Å². The molecule has 0 unspecified atom stereocenters. The summed E-state index contributed by atoms with van der Waals surface area (Å²) in [5.41, 5.74) is 1.23. The zero-order valence-electron chi connectivity index (χ0n) is 11.0. The lowest BCUT2D eigenvalue weighted by Gasteiger charge is -2.10. The molecule has 0 N–H and O–H groups in total. The first-order valence-corrected chi connectivity index (χ1v) is 6.09. The predicted octanol–water partition coefficient (Wildman–Crippen LogP) is 3.06. The lowest BCUT2D eigenvalue weighted by Crippen LogP contribution is -2.00. The summed E-state index contributed by atoms with van der Waals surface area (Å²) in [4.78, 5) is 0. The van der Waals surface area contributed by atoms with Crippen molar-refractivity contribution >= 4 is 0 Å². The van der Waals surface area contributed by atoms with Crippen LogP contribution in [-0.4, -0.2) is 27.4 Å². The molecule has 0 heterocycles. The van der Waals surface area contributed by atoms with E-state index in [1.165, 1.54) is 5.56 Å². The topological polar surface area (TPSA) is 27.7 Å². The highest BCUT2D eigenvalue weighted by molar-refractivity contribution is 5.38. The lowest BCUT2D eigenvalue weighted by atomic mass is 10.1. The van der Waals surface area contributed by atoms with Crippen molar-refractivity contribution in [2.75, 3.05) is 27.4 Å². The highest BCUT2D eigenvalue weighted by Gasteiger charge is 2.01. The van der Waals surface area contributed by atoms with Gasteiger partial charge in [-0.15, -0.1) is 0 Å². The van der Waals surface area contributed by atoms with Gasteiger partial charge in [-0.05, 0) is 37.0 Å². The molecule has 1 aromatic rings. The Morgan fingerprint density at radius 2 is 1.65 bits per heavy atom. The summed E-state index contributed by atoms with van der Waals surface area (Å²) in [6, 6.07) is 6.03. The number of aryl methyl sites for hydroxylation is 1. The minimum atomic E-state index is 0.722. The van der Waals surface area contributed by atoms with Gasteiger partial charge in [0.05, 0.1) is 13.7 Å². The minimum Gasteiger partial charge on any atom is -0.497 e. The molecule has 0 amide bonds. The summed E-state index contributed by atoms with van der Waals surface area (Å²) < 4.78 is 15.9. The molecule has 0 aliphatic rings. The van der Waals surface area contributed by atoms with Crippen LogP contribution in [0.5, 0.6) is 11.5 Å². The molecule has 0 bridgehead atoms. The average molecular weight is 238 g/mol. The third kappa shape index (κ3) is 5.09. The fraction of sp³-hybridized carbons (Fsp3) is 0.571. The standard InChI is InChI=1S/C14H22O3/c1-4-12-9-13(16-3)11-14(10-12)17-8-6-5-7-15-2/h9-11H,4-8H2,1-3H3. The second-order valence-electron chi connectivity index (χ2n) is 3.92. The van der Waals surface area contributed by atoms with Gasteiger partial charge in [0.2, 0.25) is 0 Å². The number of rotatable bonds is 8. The number of hydrogen-bond acceptors (Lipinski definition) is 3. The van der Waals surface area contributed by atoms with E-state index >= 15 is 0 Å². The predicted molar refractivity (Wildman–Crippen MR) is 69.0 cm³/mol. The highest BCUT2D eigenvalue weighted by Crippen LogP contribution is 2.23. The van der Waals surface area contributed by atoms with Crippen LogP contribution in [0.1, 0.15) is 25.3 Å². The van der Waals surface area contributed by atoms with Gasteiger partial charge in [0.15, 0.2) is 0 Å². The van der Waals surface area contributed by atoms with Crippen molar-refractivity contribution in [2.24, 2.45) is 0 Å². The third-order valence-electron chi connectivity index (χ3n) is 2.60. The molecule has 96 valence electrons. The Morgan fingerprint density at radius 1 is 0.941 bits per heavy atom. The maximum Gasteiger partial charge on any atom is 0.123 e. The summed E-state index contributed by atoms with van der Waals surface area (Å²) in [6.07, 6.45) is 3.02. The lowest BCUT2D eigenvalue weighted by molar-refractivity contribution is 0.184. The van der Waals surface area contributed by atoms with Gasteiger partial charge >= 0.3 is 0 Å². The first-order chi connectivity index (χ1) is 8.30. The van der Waals surface area contributed by atoms with E-state index in [2.05, 4.69) is 13.0 Å². The number of unbranched alkanes of at least 4 members (excludes halogenated alkanes) is 1. The molecule has 0 fully saturated rings. The van der Waals surface area contributed by atoms with Gasteiger partial charge in [-0.25, -0.2) is 0 Å². The van der Waals surface area contributed by atoms with Crippen molar-refractivity contribution in [3.63, 3.8) is 0 Å². The number of methoxy groups -OCH3 is 2. The third-order valence-corrected chi connectivity index (χ3v) is 2.60. The molecule has 3 nitrogen and oxygen atoms in total. The molecular formula is C14H22O3. The monoisotopic (exact) mass is 238 g/mol. The Kier molecular flexibility index (Phi) is 6.48. The van der Waals surface area contributed by atoms with Crippen molar-refractivity contribution in [2.45, 2.75) is 26.2 Å². The summed E-state index contributed by atoms with van der Waals surface area (Å²) in [5, 5.41) is 0. The van der Waals surface area contributed by atoms with E-state index in [0.29, 0.717) is 0 Å². The van der Waals surface area contributed by atoms with E-state index in [-0.39, 0.29) is 0 Å². The van der Waals surface area contributed by atoms with Crippen molar-refractivity contribution in [1.29, 1.82) is 0 Å². The van der Waals surface area contributed by atoms with Crippen LogP contribution in [0.25, 0.3) is 0 Å². The molecule has 0 spiro atoms. The van der Waals surface area contributed by atoms with Crippen LogP contribution in [0.15, 0.2) is 18.2 Å². The van der Waals surface area contributed by atoms with E-state index in [9.17, 15) is 0 Å². The van der Waals surface area contributed by atoms with Crippen LogP contribution < -0.4 is 9.47 Å². The zero-order chi connectivity index (χ0) is 12.5. The molecule has 0 atom stereocenters. The van der Waals surface area contributed by atoms with Crippen LogP contribution in [-0.2, 0) is 11.2 Å². The largest absolute Gasteiger partial charge is 0.497 e. The number of hydrogen-bond donors (Lipinski definition) is 0. The smallest absolute Gasteiger partial charge is 0.123 e. The maximum absolute atomic E-state index is 5.70. The van der Waals surface area contributed by atoms with Crippen LogP contribution in [0.3, 0.4) is 0 Å². The second kappa shape index (κ2) is 7.96. The molecule has 0 radical (unpaired) electrons. The van der Waals surface area contributed by atoms with E-state index in [4.69, 9.17) is 14.2 Å². The van der Waals surface area contributed by atoms with E-state index in [1.54, 1.807) is 14.2 Å². The van der Waals surface area contributed by atoms with Gasteiger partial charge in [0, 0.05) is 19.8 Å². The highest BCUT2D eigenvalue weighted by atomic mass is 16.5. The number of benzene rings is 1. The van der Waals surface area contributed by atoms with Gasteiger partial charge in [0.1, 0.15) is 11.5 Å². The van der Waals surface area contributed by atoms with Gasteiger partial charge in [-0.3, -0.25) is 0 Å². The molecule has 0 aromatic heterocycles. The summed E-state index contributed by atoms with van der Waals surface area (Å²) >= 11 is 0. The van der Waals surface area contributed by atoms with Gasteiger partial charge < -0.3 is 14.2 Å². The van der Waals surface area contributed by atoms with E-state index < -0.39 is 0 Å².